The number of halogens is 2. The highest BCUT2D eigenvalue weighted by Gasteiger charge is 2.14. The molecule has 1 amide bonds. The van der Waals surface area contributed by atoms with Gasteiger partial charge in [-0.3, -0.25) is 4.79 Å². The first-order chi connectivity index (χ1) is 22.2. The number of nitrogens with zero attached hydrogens (tertiary/aromatic N) is 2. The average Bonchev–Trinajstić information content (AvgIpc) is 3.67. The number of hydrazone groups is 1. The lowest BCUT2D eigenvalue weighted by Gasteiger charge is -2.16. The monoisotopic (exact) mass is 657 g/mol. The van der Waals surface area contributed by atoms with Crippen LogP contribution in [0, 0.1) is 13.8 Å². The maximum Gasteiger partial charge on any atom is 0.307 e. The zero-order chi connectivity index (χ0) is 32.6. The third kappa shape index (κ3) is 7.83. The molecule has 0 bridgehead atoms. The molecule has 0 spiro atoms. The SMILES string of the molecule is C=CCc1cc(/C=N/NC(=O)c2ccc(COc3ccc(-n4c(C)ccc4C)cc3)o2)cc(OC)c1OCc1ccc(Cl)c(Cl)c1. The lowest BCUT2D eigenvalue weighted by molar-refractivity contribution is 0.0923. The topological polar surface area (TPSA) is 87.2 Å². The Hall–Kier alpha value is -4.92. The number of carbonyl (C=O) groups is 1. The summed E-state index contributed by atoms with van der Waals surface area (Å²) in [7, 11) is 1.56. The van der Waals surface area contributed by atoms with E-state index in [9.17, 15) is 4.79 Å². The fraction of sp³-hybridized carbons (Fsp3) is 0.167. The van der Waals surface area contributed by atoms with E-state index in [0.29, 0.717) is 45.0 Å². The standard InChI is InChI=1S/C36H33Cl2N3O5/c1-5-6-27-17-26(19-34(43-4)35(27)45-21-25-9-15-31(37)32(38)18-25)20-39-40-36(42)33-16-14-30(46-33)22-44-29-12-10-28(11-13-29)41-23(2)7-8-24(41)3/h5,7-20H,1,6,21-22H2,2-4H3,(H,40,42)/b39-20+. The molecule has 0 saturated carbocycles. The fourth-order valence-corrected chi connectivity index (χ4v) is 5.21. The smallest absolute Gasteiger partial charge is 0.307 e. The van der Waals surface area contributed by atoms with Gasteiger partial charge in [0.2, 0.25) is 0 Å². The normalized spacial score (nSPS) is 11.1. The number of ether oxygens (including phenoxy) is 3. The van der Waals surface area contributed by atoms with Crippen molar-refractivity contribution in [2.45, 2.75) is 33.5 Å². The Morgan fingerprint density at radius 1 is 0.935 bits per heavy atom. The van der Waals surface area contributed by atoms with Crippen molar-refractivity contribution in [2.24, 2.45) is 5.10 Å². The van der Waals surface area contributed by atoms with Crippen LogP contribution in [0.15, 0.2) is 101 Å². The first-order valence-corrected chi connectivity index (χ1v) is 15.2. The van der Waals surface area contributed by atoms with Gasteiger partial charge in [-0.25, -0.2) is 5.43 Å². The van der Waals surface area contributed by atoms with Gasteiger partial charge in [-0.2, -0.15) is 5.10 Å². The largest absolute Gasteiger partial charge is 0.493 e. The van der Waals surface area contributed by atoms with Gasteiger partial charge in [0.25, 0.3) is 0 Å². The third-order valence-electron chi connectivity index (χ3n) is 7.12. The molecule has 3 aromatic carbocycles. The molecule has 0 radical (unpaired) electrons. The Labute approximate surface area is 277 Å². The van der Waals surface area contributed by atoms with Crippen LogP contribution in [-0.2, 0) is 19.6 Å². The summed E-state index contributed by atoms with van der Waals surface area (Å²) in [6.45, 7) is 8.42. The minimum absolute atomic E-state index is 0.112. The highest BCUT2D eigenvalue weighted by atomic mass is 35.5. The molecule has 0 aliphatic carbocycles. The second kappa shape index (κ2) is 14.9. The van der Waals surface area contributed by atoms with Crippen molar-refractivity contribution in [1.82, 2.24) is 9.99 Å². The summed E-state index contributed by atoms with van der Waals surface area (Å²) in [6.07, 6.45) is 3.81. The molecule has 46 heavy (non-hydrogen) atoms. The molecule has 0 fully saturated rings. The highest BCUT2D eigenvalue weighted by molar-refractivity contribution is 6.42. The van der Waals surface area contributed by atoms with E-state index in [1.807, 2.05) is 36.4 Å². The molecule has 2 heterocycles. The van der Waals surface area contributed by atoms with Crippen molar-refractivity contribution in [3.8, 4) is 22.9 Å². The molecule has 8 nitrogen and oxygen atoms in total. The van der Waals surface area contributed by atoms with Crippen LogP contribution in [-0.4, -0.2) is 23.8 Å². The molecular formula is C36H33Cl2N3O5. The number of hydrogen-bond donors (Lipinski definition) is 1. The Morgan fingerprint density at radius 3 is 2.39 bits per heavy atom. The molecule has 5 aromatic rings. The molecule has 2 aromatic heterocycles. The summed E-state index contributed by atoms with van der Waals surface area (Å²) >= 11 is 12.2. The maximum absolute atomic E-state index is 12.7. The second-order valence-electron chi connectivity index (χ2n) is 10.4. The number of hydrogen-bond acceptors (Lipinski definition) is 6. The second-order valence-corrected chi connectivity index (χ2v) is 11.3. The molecule has 0 unspecified atom stereocenters. The lowest BCUT2D eigenvalue weighted by Crippen LogP contribution is -2.16. The average molecular weight is 659 g/mol. The number of furan rings is 1. The van der Waals surface area contributed by atoms with Crippen molar-refractivity contribution in [3.63, 3.8) is 0 Å². The van der Waals surface area contributed by atoms with Gasteiger partial charge in [-0.05, 0) is 104 Å². The quantitative estimate of drug-likeness (QED) is 0.0778. The van der Waals surface area contributed by atoms with Gasteiger partial charge in [0.05, 0.1) is 23.4 Å². The van der Waals surface area contributed by atoms with Gasteiger partial charge in [0.1, 0.15) is 24.7 Å². The van der Waals surface area contributed by atoms with E-state index < -0.39 is 5.91 Å². The van der Waals surface area contributed by atoms with Gasteiger partial charge in [-0.15, -0.1) is 6.58 Å². The molecule has 0 aliphatic heterocycles. The molecule has 0 atom stereocenters. The van der Waals surface area contributed by atoms with Crippen molar-refractivity contribution in [3.05, 3.63) is 141 Å². The summed E-state index contributed by atoms with van der Waals surface area (Å²) in [5, 5.41) is 5.04. The molecule has 0 saturated heterocycles. The summed E-state index contributed by atoms with van der Waals surface area (Å²) in [5.74, 6) is 1.89. The Morgan fingerprint density at radius 2 is 1.70 bits per heavy atom. The number of allylic oxidation sites excluding steroid dienone is 1. The molecular weight excluding hydrogens is 625 g/mol. The van der Waals surface area contributed by atoms with E-state index in [1.54, 1.807) is 43.5 Å². The van der Waals surface area contributed by atoms with E-state index in [4.69, 9.17) is 41.8 Å². The van der Waals surface area contributed by atoms with E-state index in [-0.39, 0.29) is 19.0 Å². The van der Waals surface area contributed by atoms with Crippen LogP contribution < -0.4 is 19.6 Å². The van der Waals surface area contributed by atoms with E-state index in [2.05, 4.69) is 47.7 Å². The highest BCUT2D eigenvalue weighted by Crippen LogP contribution is 2.34. The first-order valence-electron chi connectivity index (χ1n) is 14.4. The number of rotatable bonds is 13. The number of nitrogens with one attached hydrogen (secondary N) is 1. The molecule has 1 N–H and O–H groups in total. The molecule has 0 aliphatic rings. The first kappa shape index (κ1) is 32.5. The number of aryl methyl sites for hydroxylation is 2. The number of amides is 1. The van der Waals surface area contributed by atoms with Crippen LogP contribution in [0.4, 0.5) is 0 Å². The predicted octanol–water partition coefficient (Wildman–Crippen LogP) is 8.65. The van der Waals surface area contributed by atoms with Gasteiger partial charge in [0.15, 0.2) is 17.3 Å². The summed E-state index contributed by atoms with van der Waals surface area (Å²) in [6, 6.07) is 24.2. The van der Waals surface area contributed by atoms with Crippen LogP contribution >= 0.6 is 23.2 Å². The van der Waals surface area contributed by atoms with E-state index in [1.165, 1.54) is 6.21 Å². The number of aromatic nitrogens is 1. The van der Waals surface area contributed by atoms with Crippen LogP contribution in [0.5, 0.6) is 17.2 Å². The van der Waals surface area contributed by atoms with Crippen LogP contribution in [0.2, 0.25) is 10.0 Å². The summed E-state index contributed by atoms with van der Waals surface area (Å²) < 4.78 is 25.4. The zero-order valence-corrected chi connectivity index (χ0v) is 27.2. The van der Waals surface area contributed by atoms with Crippen LogP contribution in [0.25, 0.3) is 5.69 Å². The van der Waals surface area contributed by atoms with Gasteiger partial charge in [0, 0.05) is 22.6 Å². The molecule has 10 heteroatoms. The molecule has 5 rings (SSSR count). The Bertz CT molecular complexity index is 1860. The van der Waals surface area contributed by atoms with Crippen LogP contribution in [0.3, 0.4) is 0 Å². The number of carbonyl (C=O) groups excluding carboxylic acids is 1. The maximum atomic E-state index is 12.7. The van der Waals surface area contributed by atoms with Crippen molar-refractivity contribution >= 4 is 35.3 Å². The lowest BCUT2D eigenvalue weighted by atomic mass is 10.1. The predicted molar refractivity (Wildman–Crippen MR) is 181 cm³/mol. The minimum atomic E-state index is -0.496. The fourth-order valence-electron chi connectivity index (χ4n) is 4.89. The number of benzene rings is 3. The summed E-state index contributed by atoms with van der Waals surface area (Å²) in [4.78, 5) is 12.7. The number of methoxy groups -OCH3 is 1. The summed E-state index contributed by atoms with van der Waals surface area (Å²) in [5.41, 5.74) is 8.27. The van der Waals surface area contributed by atoms with Crippen molar-refractivity contribution < 1.29 is 23.4 Å². The van der Waals surface area contributed by atoms with Crippen molar-refractivity contribution in [1.29, 1.82) is 0 Å². The van der Waals surface area contributed by atoms with Gasteiger partial charge in [-0.1, -0.05) is 35.3 Å². The molecule has 236 valence electrons. The van der Waals surface area contributed by atoms with Gasteiger partial charge < -0.3 is 23.2 Å². The Kier molecular flexibility index (Phi) is 10.5. The zero-order valence-electron chi connectivity index (χ0n) is 25.7. The minimum Gasteiger partial charge on any atom is -0.493 e. The van der Waals surface area contributed by atoms with E-state index in [0.717, 1.165) is 28.2 Å². The third-order valence-corrected chi connectivity index (χ3v) is 7.86. The Balaban J connectivity index is 1.18. The van der Waals surface area contributed by atoms with Crippen LogP contribution in [0.1, 0.15) is 44.4 Å². The van der Waals surface area contributed by atoms with Crippen molar-refractivity contribution in [2.75, 3.05) is 7.11 Å². The van der Waals surface area contributed by atoms with Gasteiger partial charge >= 0.3 is 5.91 Å². The van der Waals surface area contributed by atoms with E-state index >= 15 is 0 Å².